The van der Waals surface area contributed by atoms with Crippen LogP contribution in [0.1, 0.15) is 53.3 Å². The van der Waals surface area contributed by atoms with Crippen LogP contribution in [0.4, 0.5) is 5.95 Å². The highest BCUT2D eigenvalue weighted by Crippen LogP contribution is 2.20. The normalized spacial score (nSPS) is 15.0. The number of carbonyl (C=O) groups is 1. The third-order valence-electron chi connectivity index (χ3n) is 5.36. The van der Waals surface area contributed by atoms with Gasteiger partial charge in [-0.1, -0.05) is 49.3 Å². The number of aromatic nitrogens is 3. The van der Waals surface area contributed by atoms with Crippen LogP contribution in [0.25, 0.3) is 0 Å². The van der Waals surface area contributed by atoms with E-state index >= 15 is 0 Å². The van der Waals surface area contributed by atoms with Crippen molar-refractivity contribution in [3.8, 4) is 0 Å². The molecule has 1 amide bonds. The summed E-state index contributed by atoms with van der Waals surface area (Å²) in [6.07, 6.45) is 0.349. The molecule has 0 aliphatic carbocycles. The third kappa shape index (κ3) is 5.23. The van der Waals surface area contributed by atoms with Gasteiger partial charge in [0.1, 0.15) is 0 Å². The van der Waals surface area contributed by atoms with Crippen molar-refractivity contribution in [2.75, 3.05) is 31.2 Å². The maximum atomic E-state index is 12.9. The summed E-state index contributed by atoms with van der Waals surface area (Å²) in [5.41, 5.74) is 1.98. The van der Waals surface area contributed by atoms with E-state index in [1.54, 1.807) is 6.07 Å². The van der Waals surface area contributed by atoms with Crippen LogP contribution in [0.3, 0.4) is 0 Å². The van der Waals surface area contributed by atoms with Gasteiger partial charge in [0.25, 0.3) is 11.5 Å². The van der Waals surface area contributed by atoms with E-state index in [0.29, 0.717) is 44.4 Å². The number of carbonyl (C=O) groups excluding carboxylic acids is 1. The zero-order chi connectivity index (χ0) is 22.5. The standard InChI is InChI=1S/C23H27N5O4/c1-15(2)18-14-20(32-27-18)22(30)25-19(16-6-4-3-5-7-16)12-17-13-21(29)26-23(24-17)28-8-10-31-11-9-28/h3-7,13-15,19H,8-12H2,1-2H3,(H,25,30)(H,24,26,29)/t19-/m0/s1. The molecule has 1 saturated heterocycles. The fourth-order valence-corrected chi connectivity index (χ4v) is 3.57. The van der Waals surface area contributed by atoms with Crippen molar-refractivity contribution < 1.29 is 14.1 Å². The molecule has 1 aliphatic heterocycles. The summed E-state index contributed by atoms with van der Waals surface area (Å²) in [5, 5.41) is 6.98. The van der Waals surface area contributed by atoms with Gasteiger partial charge < -0.3 is 19.5 Å². The van der Waals surface area contributed by atoms with Crippen molar-refractivity contribution in [1.82, 2.24) is 20.4 Å². The third-order valence-corrected chi connectivity index (χ3v) is 5.36. The number of nitrogens with one attached hydrogen (secondary N) is 2. The Kier molecular flexibility index (Phi) is 6.65. The van der Waals surface area contributed by atoms with E-state index < -0.39 is 6.04 Å². The lowest BCUT2D eigenvalue weighted by Gasteiger charge is -2.27. The summed E-state index contributed by atoms with van der Waals surface area (Å²) in [5.74, 6) is 0.467. The molecule has 4 rings (SSSR count). The molecule has 1 atom stereocenters. The van der Waals surface area contributed by atoms with Gasteiger partial charge >= 0.3 is 0 Å². The Hall–Kier alpha value is -3.46. The number of benzene rings is 1. The number of morpholine rings is 1. The molecule has 3 heterocycles. The first kappa shape index (κ1) is 21.8. The Balaban J connectivity index is 1.58. The first-order valence-corrected chi connectivity index (χ1v) is 10.7. The fourth-order valence-electron chi connectivity index (χ4n) is 3.57. The van der Waals surface area contributed by atoms with Crippen LogP contribution in [0.15, 0.2) is 51.8 Å². The number of hydrogen-bond acceptors (Lipinski definition) is 7. The average Bonchev–Trinajstić information content (AvgIpc) is 3.30. The van der Waals surface area contributed by atoms with Crippen molar-refractivity contribution >= 4 is 11.9 Å². The molecule has 168 valence electrons. The van der Waals surface area contributed by atoms with Crippen molar-refractivity contribution in [3.05, 3.63) is 75.5 Å². The van der Waals surface area contributed by atoms with E-state index in [-0.39, 0.29) is 23.1 Å². The van der Waals surface area contributed by atoms with Gasteiger partial charge in [-0.2, -0.15) is 0 Å². The minimum atomic E-state index is -0.400. The molecule has 1 aliphatic rings. The minimum absolute atomic E-state index is 0.155. The maximum Gasteiger partial charge on any atom is 0.290 e. The lowest BCUT2D eigenvalue weighted by molar-refractivity contribution is 0.0898. The van der Waals surface area contributed by atoms with Crippen molar-refractivity contribution in [1.29, 1.82) is 0 Å². The van der Waals surface area contributed by atoms with E-state index in [0.717, 1.165) is 11.3 Å². The highest BCUT2D eigenvalue weighted by Gasteiger charge is 2.22. The first-order chi connectivity index (χ1) is 15.5. The molecule has 0 unspecified atom stereocenters. The summed E-state index contributed by atoms with van der Waals surface area (Å²) in [7, 11) is 0. The highest BCUT2D eigenvalue weighted by atomic mass is 16.5. The van der Waals surface area contributed by atoms with Gasteiger partial charge in [0.05, 0.1) is 30.6 Å². The molecule has 0 saturated carbocycles. The lowest BCUT2D eigenvalue weighted by atomic mass is 10.0. The number of H-pyrrole nitrogens is 1. The van der Waals surface area contributed by atoms with Gasteiger partial charge in [0, 0.05) is 31.6 Å². The second-order valence-corrected chi connectivity index (χ2v) is 8.07. The van der Waals surface area contributed by atoms with Gasteiger partial charge in [0.2, 0.25) is 11.7 Å². The van der Waals surface area contributed by atoms with Crippen molar-refractivity contribution in [2.24, 2.45) is 0 Å². The zero-order valence-electron chi connectivity index (χ0n) is 18.2. The number of ether oxygens (including phenoxy) is 1. The SMILES string of the molecule is CC(C)c1cc(C(=O)N[C@@H](Cc2cc(=O)[nH]c(N3CCOCC3)n2)c2ccccc2)on1. The molecule has 2 aromatic heterocycles. The molecule has 2 N–H and O–H groups in total. The van der Waals surface area contributed by atoms with Gasteiger partial charge in [-0.15, -0.1) is 0 Å². The quantitative estimate of drug-likeness (QED) is 0.584. The predicted octanol–water partition coefficient (Wildman–Crippen LogP) is 2.43. The number of nitrogens with zero attached hydrogens (tertiary/aromatic N) is 3. The van der Waals surface area contributed by atoms with Gasteiger partial charge in [0.15, 0.2) is 0 Å². The highest BCUT2D eigenvalue weighted by molar-refractivity contribution is 5.91. The molecule has 32 heavy (non-hydrogen) atoms. The molecule has 9 nitrogen and oxygen atoms in total. The van der Waals surface area contributed by atoms with E-state index in [9.17, 15) is 9.59 Å². The Morgan fingerprint density at radius 2 is 1.94 bits per heavy atom. The van der Waals surface area contributed by atoms with Crippen LogP contribution < -0.4 is 15.8 Å². The molecular weight excluding hydrogens is 410 g/mol. The Morgan fingerprint density at radius 3 is 2.62 bits per heavy atom. The Morgan fingerprint density at radius 1 is 1.19 bits per heavy atom. The molecule has 0 radical (unpaired) electrons. The van der Waals surface area contributed by atoms with Crippen LogP contribution >= 0.6 is 0 Å². The van der Waals surface area contributed by atoms with Crippen LogP contribution in [0.5, 0.6) is 0 Å². The van der Waals surface area contributed by atoms with Gasteiger partial charge in [-0.05, 0) is 11.5 Å². The number of rotatable bonds is 7. The molecule has 0 bridgehead atoms. The summed E-state index contributed by atoms with van der Waals surface area (Å²) in [6.45, 7) is 6.47. The number of hydrogen-bond donors (Lipinski definition) is 2. The topological polar surface area (TPSA) is 113 Å². The fraction of sp³-hybridized carbons (Fsp3) is 0.391. The summed E-state index contributed by atoms with van der Waals surface area (Å²) in [6, 6.07) is 12.3. The number of anilines is 1. The van der Waals surface area contributed by atoms with E-state index in [4.69, 9.17) is 9.26 Å². The molecule has 1 fully saturated rings. The largest absolute Gasteiger partial charge is 0.378 e. The maximum absolute atomic E-state index is 12.9. The monoisotopic (exact) mass is 437 g/mol. The van der Waals surface area contributed by atoms with E-state index in [1.807, 2.05) is 49.1 Å². The predicted molar refractivity (Wildman–Crippen MR) is 119 cm³/mol. The van der Waals surface area contributed by atoms with Crippen LogP contribution in [0.2, 0.25) is 0 Å². The zero-order valence-corrected chi connectivity index (χ0v) is 18.2. The lowest BCUT2D eigenvalue weighted by Crippen LogP contribution is -2.38. The average molecular weight is 438 g/mol. The van der Waals surface area contributed by atoms with E-state index in [1.165, 1.54) is 6.07 Å². The second-order valence-electron chi connectivity index (χ2n) is 8.07. The van der Waals surface area contributed by atoms with Gasteiger partial charge in [-0.3, -0.25) is 14.6 Å². The molecule has 9 heteroatoms. The first-order valence-electron chi connectivity index (χ1n) is 10.7. The van der Waals surface area contributed by atoms with E-state index in [2.05, 4.69) is 20.4 Å². The van der Waals surface area contributed by atoms with Crippen molar-refractivity contribution in [2.45, 2.75) is 32.2 Å². The molecule has 3 aromatic rings. The molecule has 1 aromatic carbocycles. The summed E-state index contributed by atoms with van der Waals surface area (Å²) in [4.78, 5) is 34.7. The Bertz CT molecular complexity index is 1100. The summed E-state index contributed by atoms with van der Waals surface area (Å²) < 4.78 is 10.6. The van der Waals surface area contributed by atoms with Gasteiger partial charge in [-0.25, -0.2) is 4.98 Å². The molecule has 0 spiro atoms. The smallest absolute Gasteiger partial charge is 0.290 e. The van der Waals surface area contributed by atoms with Crippen LogP contribution in [0, 0.1) is 0 Å². The number of amides is 1. The van der Waals surface area contributed by atoms with Crippen LogP contribution in [-0.4, -0.2) is 47.3 Å². The second kappa shape index (κ2) is 9.78. The van der Waals surface area contributed by atoms with Crippen molar-refractivity contribution in [3.63, 3.8) is 0 Å². The number of aromatic amines is 1. The minimum Gasteiger partial charge on any atom is -0.378 e. The Labute approximate surface area is 185 Å². The molecular formula is C23H27N5O4. The van der Waals surface area contributed by atoms with Crippen LogP contribution in [-0.2, 0) is 11.2 Å². The summed E-state index contributed by atoms with van der Waals surface area (Å²) >= 11 is 0.